The predicted molar refractivity (Wildman–Crippen MR) is 82.7 cm³/mol. The summed E-state index contributed by atoms with van der Waals surface area (Å²) < 4.78 is 0. The Kier molecular flexibility index (Phi) is 6.30. The van der Waals surface area contributed by atoms with Gasteiger partial charge in [-0.05, 0) is 64.7 Å². The molecule has 2 saturated heterocycles. The third-order valence-corrected chi connectivity index (χ3v) is 5.02. The summed E-state index contributed by atoms with van der Waals surface area (Å²) in [7, 11) is 0. The van der Waals surface area contributed by atoms with Crippen molar-refractivity contribution in [3.05, 3.63) is 0 Å². The number of carbonyl (C=O) groups excluding carboxylic acids is 1. The van der Waals surface area contributed by atoms with E-state index in [1.807, 2.05) is 0 Å². The van der Waals surface area contributed by atoms with Gasteiger partial charge in [0.05, 0.1) is 5.41 Å². The van der Waals surface area contributed by atoms with Crippen LogP contribution in [0.5, 0.6) is 0 Å². The monoisotopic (exact) mass is 281 g/mol. The second-order valence-corrected chi connectivity index (χ2v) is 6.43. The summed E-state index contributed by atoms with van der Waals surface area (Å²) in [5, 5.41) is 6.56. The molecule has 2 N–H and O–H groups in total. The number of hydrogen-bond acceptors (Lipinski definition) is 3. The number of hydrogen-bond donors (Lipinski definition) is 2. The molecule has 116 valence electrons. The van der Waals surface area contributed by atoms with E-state index < -0.39 is 0 Å². The number of piperidine rings is 2. The molecule has 0 radical (unpaired) electrons. The summed E-state index contributed by atoms with van der Waals surface area (Å²) in [5.41, 5.74) is -0.149. The van der Waals surface area contributed by atoms with E-state index in [0.717, 1.165) is 51.9 Å². The van der Waals surface area contributed by atoms with Gasteiger partial charge in [0.15, 0.2) is 0 Å². The van der Waals surface area contributed by atoms with Gasteiger partial charge in [0.2, 0.25) is 5.91 Å². The first kappa shape index (κ1) is 15.8. The fourth-order valence-electron chi connectivity index (χ4n) is 3.50. The molecule has 2 aliphatic rings. The molecule has 2 aliphatic heterocycles. The standard InChI is InChI=1S/C16H31N3O/c1-2-16(8-6-9-17-14-16)15(20)18-10-7-13-19-11-4-3-5-12-19/h17H,2-14H2,1H3,(H,18,20). The van der Waals surface area contributed by atoms with E-state index in [1.54, 1.807) is 0 Å². The van der Waals surface area contributed by atoms with Gasteiger partial charge < -0.3 is 15.5 Å². The van der Waals surface area contributed by atoms with Gasteiger partial charge >= 0.3 is 0 Å². The second-order valence-electron chi connectivity index (χ2n) is 6.43. The van der Waals surface area contributed by atoms with Crippen LogP contribution in [0.1, 0.15) is 51.9 Å². The summed E-state index contributed by atoms with van der Waals surface area (Å²) in [6.07, 6.45) is 8.26. The third kappa shape index (κ3) is 4.19. The van der Waals surface area contributed by atoms with Crippen LogP contribution in [0.2, 0.25) is 0 Å². The Morgan fingerprint density at radius 2 is 2.05 bits per heavy atom. The fraction of sp³-hybridized carbons (Fsp3) is 0.938. The molecule has 2 fully saturated rings. The molecule has 1 unspecified atom stereocenters. The maximum absolute atomic E-state index is 12.4. The van der Waals surface area contributed by atoms with Gasteiger partial charge in [-0.3, -0.25) is 4.79 Å². The van der Waals surface area contributed by atoms with Crippen LogP contribution in [-0.2, 0) is 4.79 Å². The molecule has 1 atom stereocenters. The highest BCUT2D eigenvalue weighted by atomic mass is 16.2. The van der Waals surface area contributed by atoms with Crippen LogP contribution in [0.15, 0.2) is 0 Å². The molecule has 0 bridgehead atoms. The van der Waals surface area contributed by atoms with E-state index >= 15 is 0 Å². The van der Waals surface area contributed by atoms with E-state index in [1.165, 1.54) is 32.4 Å². The van der Waals surface area contributed by atoms with Gasteiger partial charge in [-0.2, -0.15) is 0 Å². The lowest BCUT2D eigenvalue weighted by Gasteiger charge is -2.35. The topological polar surface area (TPSA) is 44.4 Å². The zero-order valence-corrected chi connectivity index (χ0v) is 13.0. The lowest BCUT2D eigenvalue weighted by Crippen LogP contribution is -2.50. The Hall–Kier alpha value is -0.610. The highest BCUT2D eigenvalue weighted by molar-refractivity contribution is 5.82. The van der Waals surface area contributed by atoms with Crippen molar-refractivity contribution in [3.8, 4) is 0 Å². The quantitative estimate of drug-likeness (QED) is 0.729. The highest BCUT2D eigenvalue weighted by Crippen LogP contribution is 2.30. The number of nitrogens with one attached hydrogen (secondary N) is 2. The molecule has 0 aromatic carbocycles. The fourth-order valence-corrected chi connectivity index (χ4v) is 3.50. The number of likely N-dealkylation sites (tertiary alicyclic amines) is 1. The normalized spacial score (nSPS) is 28.2. The van der Waals surface area contributed by atoms with E-state index in [9.17, 15) is 4.79 Å². The number of carbonyl (C=O) groups is 1. The van der Waals surface area contributed by atoms with Crippen molar-refractivity contribution < 1.29 is 4.79 Å². The summed E-state index contributed by atoms with van der Waals surface area (Å²) in [6, 6.07) is 0. The maximum Gasteiger partial charge on any atom is 0.227 e. The summed E-state index contributed by atoms with van der Waals surface area (Å²) in [6.45, 7) is 8.51. The van der Waals surface area contributed by atoms with Crippen LogP contribution in [0, 0.1) is 5.41 Å². The molecule has 0 aromatic heterocycles. The first-order valence-corrected chi connectivity index (χ1v) is 8.48. The van der Waals surface area contributed by atoms with Gasteiger partial charge in [0.25, 0.3) is 0 Å². The minimum atomic E-state index is -0.149. The molecular weight excluding hydrogens is 250 g/mol. The van der Waals surface area contributed by atoms with Crippen molar-refractivity contribution in [3.63, 3.8) is 0 Å². The lowest BCUT2D eigenvalue weighted by atomic mass is 9.77. The molecule has 0 aliphatic carbocycles. The maximum atomic E-state index is 12.4. The van der Waals surface area contributed by atoms with Crippen LogP contribution in [-0.4, -0.2) is 50.1 Å². The molecule has 20 heavy (non-hydrogen) atoms. The van der Waals surface area contributed by atoms with Gasteiger partial charge in [-0.15, -0.1) is 0 Å². The Morgan fingerprint density at radius 3 is 2.70 bits per heavy atom. The molecule has 0 spiro atoms. The van der Waals surface area contributed by atoms with Crippen molar-refractivity contribution >= 4 is 5.91 Å². The lowest BCUT2D eigenvalue weighted by molar-refractivity contribution is -0.132. The number of amides is 1. The van der Waals surface area contributed by atoms with E-state index in [4.69, 9.17) is 0 Å². The van der Waals surface area contributed by atoms with E-state index in [2.05, 4.69) is 22.5 Å². The Morgan fingerprint density at radius 1 is 1.25 bits per heavy atom. The van der Waals surface area contributed by atoms with Crippen molar-refractivity contribution in [2.24, 2.45) is 5.41 Å². The molecule has 4 nitrogen and oxygen atoms in total. The Labute approximate surface area is 123 Å². The van der Waals surface area contributed by atoms with Gasteiger partial charge in [0, 0.05) is 13.1 Å². The van der Waals surface area contributed by atoms with Crippen molar-refractivity contribution in [2.45, 2.75) is 51.9 Å². The van der Waals surface area contributed by atoms with Crippen molar-refractivity contribution in [1.82, 2.24) is 15.5 Å². The summed E-state index contributed by atoms with van der Waals surface area (Å²) >= 11 is 0. The average molecular weight is 281 g/mol. The van der Waals surface area contributed by atoms with Gasteiger partial charge in [-0.1, -0.05) is 13.3 Å². The summed E-state index contributed by atoms with van der Waals surface area (Å²) in [4.78, 5) is 15.0. The SMILES string of the molecule is CCC1(C(=O)NCCCN2CCCCC2)CCCNC1. The number of rotatable bonds is 6. The summed E-state index contributed by atoms with van der Waals surface area (Å²) in [5.74, 6) is 0.269. The number of nitrogens with zero attached hydrogens (tertiary/aromatic N) is 1. The first-order chi connectivity index (χ1) is 9.77. The van der Waals surface area contributed by atoms with Gasteiger partial charge in [-0.25, -0.2) is 0 Å². The van der Waals surface area contributed by atoms with Crippen LogP contribution in [0.4, 0.5) is 0 Å². The molecule has 0 aromatic rings. The Balaban J connectivity index is 1.65. The van der Waals surface area contributed by atoms with Crippen LogP contribution < -0.4 is 10.6 Å². The first-order valence-electron chi connectivity index (χ1n) is 8.48. The van der Waals surface area contributed by atoms with Gasteiger partial charge in [0.1, 0.15) is 0 Å². The minimum absolute atomic E-state index is 0.149. The minimum Gasteiger partial charge on any atom is -0.356 e. The van der Waals surface area contributed by atoms with Crippen LogP contribution in [0.3, 0.4) is 0 Å². The molecule has 2 rings (SSSR count). The van der Waals surface area contributed by atoms with Crippen LogP contribution in [0.25, 0.3) is 0 Å². The molecule has 2 heterocycles. The van der Waals surface area contributed by atoms with Crippen molar-refractivity contribution in [2.75, 3.05) is 39.3 Å². The van der Waals surface area contributed by atoms with Crippen molar-refractivity contribution in [1.29, 1.82) is 0 Å². The molecule has 0 saturated carbocycles. The van der Waals surface area contributed by atoms with E-state index in [0.29, 0.717) is 0 Å². The molecule has 1 amide bonds. The smallest absolute Gasteiger partial charge is 0.227 e. The Bertz CT molecular complexity index is 294. The van der Waals surface area contributed by atoms with Crippen LogP contribution >= 0.6 is 0 Å². The van der Waals surface area contributed by atoms with E-state index in [-0.39, 0.29) is 11.3 Å². The third-order valence-electron chi connectivity index (χ3n) is 5.02. The molecular formula is C16H31N3O. The molecule has 4 heteroatoms. The zero-order valence-electron chi connectivity index (χ0n) is 13.0. The second kappa shape index (κ2) is 7.99. The average Bonchev–Trinajstić information content (AvgIpc) is 2.53. The predicted octanol–water partition coefficient (Wildman–Crippen LogP) is 1.76. The zero-order chi connectivity index (χ0) is 14.3. The highest BCUT2D eigenvalue weighted by Gasteiger charge is 2.37. The largest absolute Gasteiger partial charge is 0.356 e.